The van der Waals surface area contributed by atoms with Gasteiger partial charge in [0.25, 0.3) is 11.8 Å². The van der Waals surface area contributed by atoms with E-state index < -0.39 is 30.9 Å². The molecule has 4 saturated heterocycles. The van der Waals surface area contributed by atoms with Crippen molar-refractivity contribution in [2.45, 2.75) is 76.2 Å². The molecular weight excluding hydrogens is 965 g/mol. The summed E-state index contributed by atoms with van der Waals surface area (Å²) in [6, 6.07) is 14.8. The lowest BCUT2D eigenvalue weighted by Crippen LogP contribution is -2.54. The summed E-state index contributed by atoms with van der Waals surface area (Å²) in [5.74, 6) is 0.577. The summed E-state index contributed by atoms with van der Waals surface area (Å²) in [6.45, 7) is 10.4. The number of hydrogen-bond donors (Lipinski definition) is 3. The van der Waals surface area contributed by atoms with Crippen LogP contribution in [0.1, 0.15) is 96.4 Å². The Morgan fingerprint density at radius 3 is 2.23 bits per heavy atom. The van der Waals surface area contributed by atoms with Crippen LogP contribution < -0.4 is 35.8 Å². The molecule has 5 fully saturated rings. The van der Waals surface area contributed by atoms with Crippen molar-refractivity contribution < 1.29 is 28.5 Å². The highest BCUT2D eigenvalue weighted by Crippen LogP contribution is 2.47. The van der Waals surface area contributed by atoms with Crippen LogP contribution in [0, 0.1) is 11.3 Å². The Morgan fingerprint density at radius 1 is 0.808 bits per heavy atom. The number of benzene rings is 3. The molecule has 1 saturated carbocycles. The number of carbonyl (C=O) groups is 4. The van der Waals surface area contributed by atoms with Gasteiger partial charge in [0, 0.05) is 86.3 Å². The molecule has 1 aliphatic carbocycles. The van der Waals surface area contributed by atoms with Crippen LogP contribution in [-0.2, 0) is 21.2 Å². The van der Waals surface area contributed by atoms with E-state index in [9.17, 15) is 23.7 Å². The van der Waals surface area contributed by atoms with Gasteiger partial charge in [0.05, 0.1) is 42.0 Å². The van der Waals surface area contributed by atoms with Crippen molar-refractivity contribution in [2.75, 3.05) is 86.7 Å². The summed E-state index contributed by atoms with van der Waals surface area (Å²) in [7, 11) is 0.964. The largest absolute Gasteiger partial charge is 0.494 e. The Hall–Kier alpha value is -6.29. The highest BCUT2D eigenvalue weighted by Gasteiger charge is 2.45. The van der Waals surface area contributed by atoms with E-state index in [1.165, 1.54) is 18.4 Å². The molecule has 1 atom stereocenters. The molecule has 382 valence electrons. The number of anilines is 6. The minimum absolute atomic E-state index is 0.0948. The Kier molecular flexibility index (Phi) is 13.1. The van der Waals surface area contributed by atoms with Gasteiger partial charge in [0.15, 0.2) is 5.82 Å². The van der Waals surface area contributed by atoms with E-state index in [2.05, 4.69) is 65.0 Å². The Balaban J connectivity index is 0.708. The lowest BCUT2D eigenvalue weighted by molar-refractivity contribution is -0.136. The van der Waals surface area contributed by atoms with E-state index in [4.69, 9.17) is 21.3 Å². The quantitative estimate of drug-likeness (QED) is 0.0758. The summed E-state index contributed by atoms with van der Waals surface area (Å²) in [4.78, 5) is 68.9. The molecule has 5 aromatic rings. The molecule has 6 aliphatic rings. The maximum absolute atomic E-state index is 13.5. The zero-order valence-corrected chi connectivity index (χ0v) is 43.6. The number of methoxy groups -OCH3 is 1. The summed E-state index contributed by atoms with van der Waals surface area (Å²) in [5.41, 5.74) is 7.57. The number of likely N-dealkylation sites (tertiary alicyclic amines) is 1. The fraction of sp³-hybridized carbons (Fsp3) is 0.463. The standard InChI is InChI=1S/C54H63ClN11O6P/c1-62-32-36(29-57-62)39-27-43(59-53-56-30-41(55)49(61-53)58-42-10-7-35(34-5-6-34)25-47(42)73(3,4)71)46(72-2)28-45(39)65-19-13-33(14-20-65)31-63-21-15-54(16-22-63)17-23-64(24-18-54)37-8-9-38-40(26-37)52(70)66(51(38)69)44-11-12-48(67)60-50(44)68/h7-10,25-30,32-34,44H,5-6,11-24,31H2,1-4H3,(H,60,67,68)(H2,56,58,59,61). The minimum Gasteiger partial charge on any atom is -0.494 e. The van der Waals surface area contributed by atoms with Gasteiger partial charge >= 0.3 is 0 Å². The summed E-state index contributed by atoms with van der Waals surface area (Å²) in [5, 5.41) is 14.7. The van der Waals surface area contributed by atoms with Gasteiger partial charge in [-0.15, -0.1) is 0 Å². The molecule has 19 heteroatoms. The Labute approximate surface area is 430 Å². The normalized spacial score (nSPS) is 20.7. The van der Waals surface area contributed by atoms with E-state index in [-0.39, 0.29) is 18.7 Å². The smallest absolute Gasteiger partial charge is 0.262 e. The van der Waals surface area contributed by atoms with Gasteiger partial charge in [-0.3, -0.25) is 34.1 Å². The first-order valence-corrected chi connectivity index (χ1v) is 28.6. The molecule has 0 radical (unpaired) electrons. The molecule has 3 N–H and O–H groups in total. The molecule has 1 spiro atoms. The Bertz CT molecular complexity index is 3050. The van der Waals surface area contributed by atoms with Gasteiger partial charge in [-0.05, 0) is 143 Å². The average molecular weight is 1030 g/mol. The maximum Gasteiger partial charge on any atom is 0.262 e. The number of nitrogens with one attached hydrogen (secondary N) is 3. The van der Waals surface area contributed by atoms with Gasteiger partial charge in [-0.25, -0.2) is 4.98 Å². The van der Waals surface area contributed by atoms with Crippen LogP contribution in [0.5, 0.6) is 5.75 Å². The van der Waals surface area contributed by atoms with Crippen molar-refractivity contribution >= 4 is 82.2 Å². The fourth-order valence-electron chi connectivity index (χ4n) is 11.7. The van der Waals surface area contributed by atoms with Crippen LogP contribution in [0.3, 0.4) is 0 Å². The van der Waals surface area contributed by atoms with Crippen LogP contribution >= 0.6 is 18.7 Å². The lowest BCUT2D eigenvalue weighted by atomic mass is 9.71. The van der Waals surface area contributed by atoms with Gasteiger partial charge in [0.1, 0.15) is 24.0 Å². The van der Waals surface area contributed by atoms with E-state index in [1.807, 2.05) is 42.3 Å². The molecular formula is C54H63ClN11O6P. The number of nitrogens with zero attached hydrogens (tertiary/aromatic N) is 8. The third-order valence-electron chi connectivity index (χ3n) is 16.2. The van der Waals surface area contributed by atoms with Gasteiger partial charge in [-0.1, -0.05) is 17.7 Å². The van der Waals surface area contributed by atoms with Gasteiger partial charge in [-0.2, -0.15) is 10.1 Å². The first kappa shape index (κ1) is 48.9. The molecule has 17 nitrogen and oxygen atoms in total. The number of aryl methyl sites for hydroxylation is 1. The zero-order valence-electron chi connectivity index (χ0n) is 42.0. The zero-order chi connectivity index (χ0) is 50.8. The van der Waals surface area contributed by atoms with Crippen molar-refractivity contribution in [1.29, 1.82) is 0 Å². The molecule has 4 amide bonds. The fourth-order valence-corrected chi connectivity index (χ4v) is 13.1. The van der Waals surface area contributed by atoms with E-state index in [0.29, 0.717) is 62.3 Å². The van der Waals surface area contributed by atoms with Crippen LogP contribution in [0.4, 0.5) is 34.5 Å². The first-order chi connectivity index (χ1) is 35.1. The number of ether oxygens (including phenoxy) is 1. The number of amides is 4. The number of rotatable bonds is 13. The SMILES string of the molecule is COc1cc(N2CCC(CN3CCC4(CC3)CCN(c3ccc5c(c3)C(=O)N(C3CCC(=O)NC3=O)C5=O)CC4)CC2)c(-c2cnn(C)c2)cc1Nc1ncc(Cl)c(Nc2ccc(C3CC3)cc2P(C)(C)=O)n1. The first-order valence-electron chi connectivity index (χ1n) is 25.7. The lowest BCUT2D eigenvalue weighted by Gasteiger charge is -2.48. The number of carbonyl (C=O) groups excluding carboxylic acids is 4. The average Bonchev–Trinajstić information content (AvgIpc) is 4.09. The predicted molar refractivity (Wildman–Crippen MR) is 284 cm³/mol. The maximum atomic E-state index is 13.5. The number of fused-ring (bicyclic) bond motifs is 1. The Morgan fingerprint density at radius 2 is 1.55 bits per heavy atom. The monoisotopic (exact) mass is 1030 g/mol. The predicted octanol–water partition coefficient (Wildman–Crippen LogP) is 8.15. The second-order valence-electron chi connectivity index (χ2n) is 21.4. The number of imide groups is 2. The van der Waals surface area contributed by atoms with Crippen molar-refractivity contribution in [3.8, 4) is 16.9 Å². The van der Waals surface area contributed by atoms with E-state index >= 15 is 0 Å². The molecule has 11 rings (SSSR count). The summed E-state index contributed by atoms with van der Waals surface area (Å²) < 4.78 is 21.3. The van der Waals surface area contributed by atoms with Crippen LogP contribution in [0.25, 0.3) is 11.1 Å². The molecule has 73 heavy (non-hydrogen) atoms. The van der Waals surface area contributed by atoms with E-state index in [0.717, 1.165) is 117 Å². The topological polar surface area (TPSA) is 187 Å². The summed E-state index contributed by atoms with van der Waals surface area (Å²) in [6.07, 6.45) is 14.7. The van der Waals surface area contributed by atoms with Crippen molar-refractivity contribution in [3.05, 3.63) is 88.8 Å². The highest BCUT2D eigenvalue weighted by molar-refractivity contribution is 7.70. The van der Waals surface area contributed by atoms with Gasteiger partial charge in [0.2, 0.25) is 17.8 Å². The third-order valence-corrected chi connectivity index (χ3v) is 18.0. The number of hydrogen-bond acceptors (Lipinski definition) is 14. The summed E-state index contributed by atoms with van der Waals surface area (Å²) >= 11 is 6.68. The number of halogens is 1. The second-order valence-corrected chi connectivity index (χ2v) is 25.0. The van der Waals surface area contributed by atoms with Crippen molar-refractivity contribution in [1.82, 2.24) is 34.9 Å². The molecule has 1 unspecified atom stereocenters. The molecule has 2 aromatic heterocycles. The second kappa shape index (κ2) is 19.5. The molecule has 7 heterocycles. The third kappa shape index (κ3) is 9.95. The van der Waals surface area contributed by atoms with Crippen LogP contribution in [0.2, 0.25) is 5.02 Å². The molecule has 5 aliphatic heterocycles. The van der Waals surface area contributed by atoms with Crippen LogP contribution in [-0.4, -0.2) is 125 Å². The highest BCUT2D eigenvalue weighted by atomic mass is 35.5. The number of piperidine rings is 4. The van der Waals surface area contributed by atoms with Crippen molar-refractivity contribution in [3.63, 3.8) is 0 Å². The molecule has 0 bridgehead atoms. The number of aromatic nitrogens is 4. The van der Waals surface area contributed by atoms with Gasteiger partial charge < -0.3 is 34.6 Å². The van der Waals surface area contributed by atoms with Crippen molar-refractivity contribution in [2.24, 2.45) is 18.4 Å². The minimum atomic E-state index is -2.63. The van der Waals surface area contributed by atoms with Crippen LogP contribution in [0.15, 0.2) is 67.1 Å². The van der Waals surface area contributed by atoms with E-state index in [1.54, 1.807) is 32.7 Å². The molecule has 3 aromatic carbocycles.